The van der Waals surface area contributed by atoms with Crippen molar-refractivity contribution in [3.8, 4) is 0 Å². The van der Waals surface area contributed by atoms with E-state index in [1.54, 1.807) is 7.05 Å². The van der Waals surface area contributed by atoms with E-state index in [0.717, 1.165) is 81.5 Å². The molecule has 6 N–H and O–H groups in total. The summed E-state index contributed by atoms with van der Waals surface area (Å²) in [6, 6.07) is 10.6. The Morgan fingerprint density at radius 3 is 2.73 bits per heavy atom. The van der Waals surface area contributed by atoms with Crippen LogP contribution in [-0.2, 0) is 16.0 Å². The second-order valence-electron chi connectivity index (χ2n) is 14.9. The standard InChI is InChI=1S/C36H54N4O5/c1-24-11-12-27-19-30-31(32(42)43)34(44,23-45-29-10-6-9-26(18-29)17-25-7-4-3-5-8-25)21-35(24,30)36(27)22-40(33(37)38-2)15-13-28(36)20-39-14-16-41/h3-5,7-8,24,26-29,39,41,44H,6,9-23H2,1-2H3,(H2,37,38)(H,42,43). The number of aliphatic hydroxyl groups is 2. The fraction of sp³-hybridized carbons (Fsp3) is 0.722. The summed E-state index contributed by atoms with van der Waals surface area (Å²) in [5.74, 6) is 0.595. The number of hydrogen-bond donors (Lipinski definition) is 5. The molecule has 1 aliphatic heterocycles. The molecule has 1 aromatic rings. The molecular formula is C36H54N4O5. The number of quaternary nitrogens is 1. The molecule has 6 rings (SSSR count). The number of nitrogens with zero attached hydrogens (tertiary/aromatic N) is 1. The number of carbonyl (C=O) groups is 1. The van der Waals surface area contributed by atoms with E-state index in [2.05, 4.69) is 41.5 Å². The van der Waals surface area contributed by atoms with Crippen molar-refractivity contribution in [1.29, 1.82) is 0 Å². The number of benzene rings is 1. The average Bonchev–Trinajstić information content (AvgIpc) is 3.38. The Kier molecular flexibility index (Phi) is 9.48. The van der Waals surface area contributed by atoms with Crippen LogP contribution in [0.4, 0.5) is 0 Å². The van der Waals surface area contributed by atoms with Gasteiger partial charge in [-0.1, -0.05) is 49.2 Å². The van der Waals surface area contributed by atoms with Crippen molar-refractivity contribution in [3.63, 3.8) is 0 Å². The maximum absolute atomic E-state index is 13.1. The van der Waals surface area contributed by atoms with E-state index in [1.165, 1.54) is 5.56 Å². The number of carboxylic acid groups (broad SMARTS) is 1. The largest absolute Gasteiger partial charge is 0.545 e. The van der Waals surface area contributed by atoms with Crippen LogP contribution in [0.1, 0.15) is 70.3 Å². The lowest BCUT2D eigenvalue weighted by atomic mass is 9.45. The molecule has 4 aliphatic carbocycles. The molecule has 248 valence electrons. The first-order valence-electron chi connectivity index (χ1n) is 17.4. The molecular weight excluding hydrogens is 568 g/mol. The van der Waals surface area contributed by atoms with Gasteiger partial charge in [0.05, 0.1) is 38.4 Å². The van der Waals surface area contributed by atoms with Gasteiger partial charge in [-0.3, -0.25) is 4.90 Å². The number of allylic oxidation sites excluding steroid dienone is 1. The van der Waals surface area contributed by atoms with Crippen LogP contribution in [-0.4, -0.2) is 80.3 Å². The Balaban J connectivity index is 1.31. The van der Waals surface area contributed by atoms with Crippen LogP contribution < -0.4 is 21.1 Å². The van der Waals surface area contributed by atoms with E-state index in [1.807, 2.05) is 6.07 Å². The van der Waals surface area contributed by atoms with Crippen LogP contribution in [0, 0.1) is 34.5 Å². The molecule has 9 atom stereocenters. The van der Waals surface area contributed by atoms with E-state index in [0.29, 0.717) is 37.2 Å². The lowest BCUT2D eigenvalue weighted by Crippen LogP contribution is -3.19. The fourth-order valence-electron chi connectivity index (χ4n) is 11.1. The average molecular weight is 623 g/mol. The number of rotatable bonds is 10. The fourth-order valence-corrected chi connectivity index (χ4v) is 11.1. The zero-order valence-electron chi connectivity index (χ0n) is 27.2. The topological polar surface area (TPSA) is 145 Å². The highest BCUT2D eigenvalue weighted by Crippen LogP contribution is 2.76. The summed E-state index contributed by atoms with van der Waals surface area (Å²) < 4.78 is 6.55. The molecule has 9 heteroatoms. The summed E-state index contributed by atoms with van der Waals surface area (Å²) in [7, 11) is 1.74. The smallest absolute Gasteiger partial charge is 0.293 e. The third-order valence-corrected chi connectivity index (χ3v) is 12.9. The molecule has 3 saturated carbocycles. The Hall–Kier alpha value is -2.30. The lowest BCUT2D eigenvalue weighted by Gasteiger charge is -2.60. The molecule has 45 heavy (non-hydrogen) atoms. The van der Waals surface area contributed by atoms with Crippen molar-refractivity contribution in [2.45, 2.75) is 82.8 Å². The molecule has 1 aromatic carbocycles. The highest BCUT2D eigenvalue weighted by Gasteiger charge is 2.75. The number of carbonyl (C=O) groups excluding carboxylic acids is 1. The molecule has 4 fully saturated rings. The summed E-state index contributed by atoms with van der Waals surface area (Å²) in [4.78, 5) is 18.6. The number of piperidine rings is 1. The maximum Gasteiger partial charge on any atom is 0.293 e. The number of hydrogen-bond acceptors (Lipinski definition) is 7. The number of nitrogens with one attached hydrogen (secondary N) is 2. The monoisotopic (exact) mass is 622 g/mol. The molecule has 9 unspecified atom stereocenters. The predicted molar refractivity (Wildman–Crippen MR) is 171 cm³/mol. The summed E-state index contributed by atoms with van der Waals surface area (Å²) in [5, 5.41) is 38.6. The van der Waals surface area contributed by atoms with Crippen LogP contribution in [0.5, 0.6) is 0 Å². The number of aliphatic carboxylic acids is 1. The second-order valence-corrected chi connectivity index (χ2v) is 14.9. The van der Waals surface area contributed by atoms with E-state index in [9.17, 15) is 20.1 Å². The summed E-state index contributed by atoms with van der Waals surface area (Å²) in [6.07, 6.45) is 9.06. The van der Waals surface area contributed by atoms with Gasteiger partial charge in [-0.25, -0.2) is 4.99 Å². The van der Waals surface area contributed by atoms with E-state index in [4.69, 9.17) is 10.5 Å². The van der Waals surface area contributed by atoms with Gasteiger partial charge in [-0.2, -0.15) is 0 Å². The molecule has 2 spiro atoms. The molecule has 1 saturated heterocycles. The highest BCUT2D eigenvalue weighted by atomic mass is 16.5. The van der Waals surface area contributed by atoms with E-state index < -0.39 is 17.0 Å². The van der Waals surface area contributed by atoms with E-state index >= 15 is 0 Å². The van der Waals surface area contributed by atoms with Gasteiger partial charge in [0.15, 0.2) is 0 Å². The minimum atomic E-state index is -1.60. The van der Waals surface area contributed by atoms with Crippen molar-refractivity contribution >= 4 is 11.9 Å². The Labute approximate surface area is 268 Å². The van der Waals surface area contributed by atoms with Gasteiger partial charge in [0.1, 0.15) is 5.60 Å². The zero-order chi connectivity index (χ0) is 31.8. The van der Waals surface area contributed by atoms with Crippen LogP contribution in [0.25, 0.3) is 0 Å². The van der Waals surface area contributed by atoms with Gasteiger partial charge in [0.25, 0.3) is 5.96 Å². The molecule has 0 radical (unpaired) electrons. The molecule has 9 nitrogen and oxygen atoms in total. The lowest BCUT2D eigenvalue weighted by molar-refractivity contribution is -0.828. The third-order valence-electron chi connectivity index (χ3n) is 12.9. The van der Waals surface area contributed by atoms with Gasteiger partial charge in [0, 0.05) is 36.4 Å². The molecule has 5 aliphatic rings. The number of aliphatic hydroxyl groups excluding tert-OH is 1. The van der Waals surface area contributed by atoms with Crippen molar-refractivity contribution < 1.29 is 29.8 Å². The SMILES string of the molecule is CN=C(N)[NH+]1CCC(CNCCO)C2(C1)C1CCC(C)C23CC(O)(COC2CCCC(Cc4ccccc4)C2)C(C(=O)[O-])=C3C1. The minimum absolute atomic E-state index is 0.00136. The second kappa shape index (κ2) is 13.1. The van der Waals surface area contributed by atoms with Gasteiger partial charge in [0.2, 0.25) is 0 Å². The summed E-state index contributed by atoms with van der Waals surface area (Å²) >= 11 is 0. The normalized spacial score (nSPS) is 39.8. The number of likely N-dealkylation sites (tertiary alicyclic amines) is 1. The predicted octanol–water partition coefficient (Wildman–Crippen LogP) is 0.840. The number of nitrogens with two attached hydrogens (primary N) is 1. The number of ether oxygens (including phenoxy) is 1. The van der Waals surface area contributed by atoms with Gasteiger partial charge >= 0.3 is 0 Å². The molecule has 0 aromatic heterocycles. The first-order chi connectivity index (χ1) is 21.7. The van der Waals surface area contributed by atoms with E-state index in [-0.39, 0.29) is 42.1 Å². The first-order valence-corrected chi connectivity index (χ1v) is 17.4. The highest BCUT2D eigenvalue weighted by molar-refractivity contribution is 5.90. The van der Waals surface area contributed by atoms with Crippen LogP contribution in [0.15, 0.2) is 46.5 Å². The summed E-state index contributed by atoms with van der Waals surface area (Å²) in [5.41, 5.74) is 6.47. The molecule has 0 amide bonds. The molecule has 2 bridgehead atoms. The Morgan fingerprint density at radius 1 is 1.20 bits per heavy atom. The number of aliphatic imine (C=N–C) groups is 1. The first kappa shape index (κ1) is 32.6. The van der Waals surface area contributed by atoms with Gasteiger partial charge in [-0.05, 0) is 87.1 Å². The van der Waals surface area contributed by atoms with Crippen molar-refractivity contribution in [2.75, 3.05) is 46.4 Å². The van der Waals surface area contributed by atoms with Crippen LogP contribution >= 0.6 is 0 Å². The van der Waals surface area contributed by atoms with Gasteiger partial charge < -0.3 is 35.9 Å². The van der Waals surface area contributed by atoms with Crippen molar-refractivity contribution in [2.24, 2.45) is 45.2 Å². The Bertz CT molecular complexity index is 1290. The van der Waals surface area contributed by atoms with Crippen molar-refractivity contribution in [1.82, 2.24) is 5.32 Å². The van der Waals surface area contributed by atoms with Crippen LogP contribution in [0.3, 0.4) is 0 Å². The maximum atomic E-state index is 13.1. The number of guanidine groups is 1. The number of carboxylic acids is 1. The molecule has 1 heterocycles. The summed E-state index contributed by atoms with van der Waals surface area (Å²) in [6.45, 7) is 5.21. The quantitative estimate of drug-likeness (QED) is 0.148. The third kappa shape index (κ3) is 5.56. The minimum Gasteiger partial charge on any atom is -0.545 e. The Morgan fingerprint density at radius 2 is 2.00 bits per heavy atom. The zero-order valence-corrected chi connectivity index (χ0v) is 27.2. The van der Waals surface area contributed by atoms with Crippen molar-refractivity contribution in [3.05, 3.63) is 47.0 Å². The van der Waals surface area contributed by atoms with Gasteiger partial charge in [-0.15, -0.1) is 0 Å². The van der Waals surface area contributed by atoms with Crippen LogP contribution in [0.2, 0.25) is 0 Å².